The van der Waals surface area contributed by atoms with Gasteiger partial charge in [-0.1, -0.05) is 59.3 Å². The van der Waals surface area contributed by atoms with E-state index in [1.165, 1.54) is 44.9 Å². The van der Waals surface area contributed by atoms with E-state index in [4.69, 9.17) is 0 Å². The molecule has 1 unspecified atom stereocenters. The maximum atomic E-state index is 10.6. The molecular weight excluding hydrogens is 196 g/mol. The molecular formula is C15H32O. The maximum absolute atomic E-state index is 10.6. The van der Waals surface area contributed by atoms with Gasteiger partial charge in [0.1, 0.15) is 0 Å². The summed E-state index contributed by atoms with van der Waals surface area (Å²) in [7, 11) is 0. The highest BCUT2D eigenvalue weighted by molar-refractivity contribution is 4.81. The minimum absolute atomic E-state index is 0.430. The predicted molar refractivity (Wildman–Crippen MR) is 72.7 cm³/mol. The van der Waals surface area contributed by atoms with Crippen molar-refractivity contribution in [1.29, 1.82) is 0 Å². The molecule has 0 radical (unpaired) electrons. The Hall–Kier alpha value is -0.0400. The summed E-state index contributed by atoms with van der Waals surface area (Å²) in [4.78, 5) is 0. The van der Waals surface area contributed by atoms with Crippen molar-refractivity contribution in [2.45, 2.75) is 91.1 Å². The van der Waals surface area contributed by atoms with Crippen molar-refractivity contribution in [3.8, 4) is 0 Å². The molecule has 16 heavy (non-hydrogen) atoms. The third-order valence-electron chi connectivity index (χ3n) is 3.73. The van der Waals surface area contributed by atoms with Gasteiger partial charge in [0.15, 0.2) is 0 Å². The Morgan fingerprint density at radius 1 is 0.875 bits per heavy atom. The van der Waals surface area contributed by atoms with Crippen molar-refractivity contribution in [3.05, 3.63) is 0 Å². The summed E-state index contributed by atoms with van der Waals surface area (Å²) in [6.45, 7) is 8.72. The summed E-state index contributed by atoms with van der Waals surface area (Å²) in [6, 6.07) is 0. The lowest BCUT2D eigenvalue weighted by atomic mass is 9.79. The van der Waals surface area contributed by atoms with Gasteiger partial charge in [0, 0.05) is 0 Å². The van der Waals surface area contributed by atoms with Gasteiger partial charge in [-0.15, -0.1) is 0 Å². The second-order valence-corrected chi connectivity index (χ2v) is 5.44. The molecule has 0 saturated heterocycles. The average Bonchev–Trinajstić information content (AvgIpc) is 2.26. The van der Waals surface area contributed by atoms with Crippen LogP contribution < -0.4 is 0 Å². The molecule has 1 N–H and O–H groups in total. The molecule has 0 heterocycles. The van der Waals surface area contributed by atoms with Crippen LogP contribution in [0.25, 0.3) is 0 Å². The van der Waals surface area contributed by atoms with Gasteiger partial charge in [0.2, 0.25) is 0 Å². The molecule has 1 atom stereocenters. The SMILES string of the molecule is CCCCC(CCCC)C(C)(O)CCCC. The van der Waals surface area contributed by atoms with Crippen LogP contribution in [-0.4, -0.2) is 10.7 Å². The standard InChI is InChI=1S/C15H32O/c1-5-8-11-14(12-9-6-2)15(4,16)13-10-7-3/h14,16H,5-13H2,1-4H3. The number of rotatable bonds is 10. The summed E-state index contributed by atoms with van der Waals surface area (Å²) in [5, 5.41) is 10.6. The van der Waals surface area contributed by atoms with Gasteiger partial charge in [0.25, 0.3) is 0 Å². The molecule has 1 nitrogen and oxygen atoms in total. The lowest BCUT2D eigenvalue weighted by molar-refractivity contribution is -0.0192. The van der Waals surface area contributed by atoms with Crippen LogP contribution in [0.1, 0.15) is 85.5 Å². The number of hydrogen-bond donors (Lipinski definition) is 1. The van der Waals surface area contributed by atoms with Crippen molar-refractivity contribution >= 4 is 0 Å². The minimum atomic E-state index is -0.430. The monoisotopic (exact) mass is 228 g/mol. The second-order valence-electron chi connectivity index (χ2n) is 5.44. The van der Waals surface area contributed by atoms with Crippen molar-refractivity contribution in [2.24, 2.45) is 5.92 Å². The fourth-order valence-corrected chi connectivity index (χ4v) is 2.41. The molecule has 0 rings (SSSR count). The molecule has 0 aromatic rings. The molecule has 0 fully saturated rings. The maximum Gasteiger partial charge on any atom is 0.0647 e. The van der Waals surface area contributed by atoms with Gasteiger partial charge in [0.05, 0.1) is 5.60 Å². The molecule has 0 spiro atoms. The fraction of sp³-hybridized carbons (Fsp3) is 1.00. The Bertz CT molecular complexity index is 144. The Balaban J connectivity index is 4.20. The summed E-state index contributed by atoms with van der Waals surface area (Å²) in [6.07, 6.45) is 10.7. The van der Waals surface area contributed by atoms with Crippen LogP contribution in [-0.2, 0) is 0 Å². The first-order valence-electron chi connectivity index (χ1n) is 7.30. The Morgan fingerprint density at radius 3 is 1.69 bits per heavy atom. The summed E-state index contributed by atoms with van der Waals surface area (Å²) in [5.74, 6) is 0.513. The van der Waals surface area contributed by atoms with Crippen LogP contribution in [0.2, 0.25) is 0 Å². The van der Waals surface area contributed by atoms with Gasteiger partial charge in [-0.25, -0.2) is 0 Å². The van der Waals surface area contributed by atoms with Crippen molar-refractivity contribution < 1.29 is 5.11 Å². The van der Waals surface area contributed by atoms with E-state index in [2.05, 4.69) is 27.7 Å². The first kappa shape index (κ1) is 16.0. The highest BCUT2D eigenvalue weighted by Crippen LogP contribution is 2.31. The van der Waals surface area contributed by atoms with Crippen molar-refractivity contribution in [1.82, 2.24) is 0 Å². The smallest absolute Gasteiger partial charge is 0.0647 e. The Kier molecular flexibility index (Phi) is 9.02. The van der Waals surface area contributed by atoms with Gasteiger partial charge in [-0.2, -0.15) is 0 Å². The normalized spacial score (nSPS) is 15.4. The molecule has 0 aromatic carbocycles. The van der Waals surface area contributed by atoms with Crippen LogP contribution in [0.5, 0.6) is 0 Å². The van der Waals surface area contributed by atoms with E-state index < -0.39 is 5.60 Å². The second kappa shape index (κ2) is 9.04. The Labute approximate surface area is 103 Å². The average molecular weight is 228 g/mol. The zero-order chi connectivity index (χ0) is 12.4. The summed E-state index contributed by atoms with van der Waals surface area (Å²) in [5.41, 5.74) is -0.430. The Morgan fingerprint density at radius 2 is 1.31 bits per heavy atom. The lowest BCUT2D eigenvalue weighted by Gasteiger charge is -2.33. The van der Waals surface area contributed by atoms with E-state index in [1.54, 1.807) is 0 Å². The van der Waals surface area contributed by atoms with E-state index >= 15 is 0 Å². The molecule has 0 bridgehead atoms. The van der Waals surface area contributed by atoms with Gasteiger partial charge in [-0.05, 0) is 32.1 Å². The third-order valence-corrected chi connectivity index (χ3v) is 3.73. The molecule has 0 aliphatic carbocycles. The van der Waals surface area contributed by atoms with Crippen LogP contribution in [0.15, 0.2) is 0 Å². The quantitative estimate of drug-likeness (QED) is 0.562. The van der Waals surface area contributed by atoms with Crippen molar-refractivity contribution in [3.63, 3.8) is 0 Å². The fourth-order valence-electron chi connectivity index (χ4n) is 2.41. The topological polar surface area (TPSA) is 20.2 Å². The predicted octanol–water partition coefficient (Wildman–Crippen LogP) is 4.92. The van der Waals surface area contributed by atoms with E-state index in [0.29, 0.717) is 5.92 Å². The van der Waals surface area contributed by atoms with Gasteiger partial charge in [-0.3, -0.25) is 0 Å². The van der Waals surface area contributed by atoms with Crippen LogP contribution in [0.3, 0.4) is 0 Å². The lowest BCUT2D eigenvalue weighted by Crippen LogP contribution is -2.34. The zero-order valence-corrected chi connectivity index (χ0v) is 11.9. The van der Waals surface area contributed by atoms with Gasteiger partial charge < -0.3 is 5.11 Å². The number of hydrogen-bond acceptors (Lipinski definition) is 1. The molecule has 1 heteroatoms. The summed E-state index contributed by atoms with van der Waals surface area (Å²) >= 11 is 0. The largest absolute Gasteiger partial charge is 0.390 e. The van der Waals surface area contributed by atoms with E-state index in [9.17, 15) is 5.11 Å². The van der Waals surface area contributed by atoms with E-state index in [1.807, 2.05) is 0 Å². The molecule has 0 aliphatic rings. The van der Waals surface area contributed by atoms with E-state index in [-0.39, 0.29) is 0 Å². The van der Waals surface area contributed by atoms with E-state index in [0.717, 1.165) is 12.8 Å². The highest BCUT2D eigenvalue weighted by Gasteiger charge is 2.29. The molecule has 0 aromatic heterocycles. The summed E-state index contributed by atoms with van der Waals surface area (Å²) < 4.78 is 0. The number of unbranched alkanes of at least 4 members (excludes halogenated alkanes) is 3. The highest BCUT2D eigenvalue weighted by atomic mass is 16.3. The number of aliphatic hydroxyl groups is 1. The third kappa shape index (κ3) is 6.52. The van der Waals surface area contributed by atoms with Crippen LogP contribution in [0.4, 0.5) is 0 Å². The first-order chi connectivity index (χ1) is 7.58. The van der Waals surface area contributed by atoms with Crippen molar-refractivity contribution in [2.75, 3.05) is 0 Å². The van der Waals surface area contributed by atoms with Crippen LogP contribution >= 0.6 is 0 Å². The minimum Gasteiger partial charge on any atom is -0.390 e. The van der Waals surface area contributed by atoms with Crippen LogP contribution in [0, 0.1) is 5.92 Å². The molecule has 0 saturated carbocycles. The van der Waals surface area contributed by atoms with Gasteiger partial charge >= 0.3 is 0 Å². The molecule has 0 amide bonds. The first-order valence-corrected chi connectivity index (χ1v) is 7.30. The molecule has 0 aliphatic heterocycles. The zero-order valence-electron chi connectivity index (χ0n) is 11.9. The molecule has 98 valence electrons.